The summed E-state index contributed by atoms with van der Waals surface area (Å²) < 4.78 is 12.1. The number of nitrogens with two attached hydrogens (primary N) is 1. The van der Waals surface area contributed by atoms with Gasteiger partial charge in [0.25, 0.3) is 0 Å². The number of hydrogen-bond acceptors (Lipinski definition) is 5. The largest absolute Gasteiger partial charge is 0.455 e. The first kappa shape index (κ1) is 21.7. The standard InChI is InChI=1S/C24H23BrN4O3/c1-24(2,3)32-23(30)27-16-6-8-17(9-7-16)31-21-11-4-14(12-18(21)26)22-28-19-10-5-15(25)13-20(19)29-22/h4-13H,26H2,1-3H3,(H,27,30)(H,28,29). The number of nitrogen functional groups attached to an aromatic ring is 1. The molecule has 0 aliphatic heterocycles. The Bertz CT molecular complexity index is 1280. The molecule has 0 saturated carbocycles. The molecule has 0 saturated heterocycles. The summed E-state index contributed by atoms with van der Waals surface area (Å²) in [4.78, 5) is 19.8. The number of ether oxygens (including phenoxy) is 2. The minimum absolute atomic E-state index is 0.486. The summed E-state index contributed by atoms with van der Waals surface area (Å²) in [6.45, 7) is 5.44. The Morgan fingerprint density at radius 2 is 1.81 bits per heavy atom. The van der Waals surface area contributed by atoms with E-state index in [1.807, 2.05) is 51.1 Å². The van der Waals surface area contributed by atoms with Crippen LogP contribution in [0.4, 0.5) is 16.2 Å². The molecule has 0 atom stereocenters. The molecular formula is C24H23BrN4O3. The average molecular weight is 495 g/mol. The summed E-state index contributed by atoms with van der Waals surface area (Å²) >= 11 is 3.47. The number of carbonyl (C=O) groups is 1. The van der Waals surface area contributed by atoms with Gasteiger partial charge in [-0.3, -0.25) is 5.32 Å². The van der Waals surface area contributed by atoms with Crippen molar-refractivity contribution in [3.63, 3.8) is 0 Å². The van der Waals surface area contributed by atoms with E-state index in [4.69, 9.17) is 15.2 Å². The number of hydrogen-bond donors (Lipinski definition) is 3. The normalized spacial score (nSPS) is 11.4. The van der Waals surface area contributed by atoms with Crippen molar-refractivity contribution in [3.8, 4) is 22.9 Å². The topological polar surface area (TPSA) is 102 Å². The van der Waals surface area contributed by atoms with E-state index in [1.165, 1.54) is 0 Å². The summed E-state index contributed by atoms with van der Waals surface area (Å²) in [5, 5.41) is 2.69. The average Bonchev–Trinajstić information content (AvgIpc) is 3.12. The van der Waals surface area contributed by atoms with Crippen LogP contribution in [0.25, 0.3) is 22.4 Å². The van der Waals surface area contributed by atoms with Gasteiger partial charge in [0.05, 0.1) is 16.7 Å². The molecule has 1 aromatic heterocycles. The van der Waals surface area contributed by atoms with Gasteiger partial charge in [0.1, 0.15) is 22.9 Å². The molecule has 32 heavy (non-hydrogen) atoms. The van der Waals surface area contributed by atoms with Crippen molar-refractivity contribution in [1.82, 2.24) is 9.97 Å². The highest BCUT2D eigenvalue weighted by molar-refractivity contribution is 9.10. The Morgan fingerprint density at radius 3 is 2.50 bits per heavy atom. The molecular weight excluding hydrogens is 472 g/mol. The molecule has 4 N–H and O–H groups in total. The van der Waals surface area contributed by atoms with E-state index < -0.39 is 11.7 Å². The number of aromatic amines is 1. The quantitative estimate of drug-likeness (QED) is 0.273. The minimum Gasteiger partial charge on any atom is -0.455 e. The van der Waals surface area contributed by atoms with Crippen LogP contribution in [-0.2, 0) is 4.74 Å². The van der Waals surface area contributed by atoms with Gasteiger partial charge >= 0.3 is 6.09 Å². The van der Waals surface area contributed by atoms with E-state index in [1.54, 1.807) is 30.3 Å². The first-order valence-corrected chi connectivity index (χ1v) is 10.8. The maximum Gasteiger partial charge on any atom is 0.412 e. The lowest BCUT2D eigenvalue weighted by Gasteiger charge is -2.19. The highest BCUT2D eigenvalue weighted by Crippen LogP contribution is 2.32. The number of fused-ring (bicyclic) bond motifs is 1. The zero-order valence-corrected chi connectivity index (χ0v) is 19.5. The van der Waals surface area contributed by atoms with Crippen molar-refractivity contribution in [3.05, 3.63) is 65.1 Å². The van der Waals surface area contributed by atoms with Crippen LogP contribution in [0, 0.1) is 0 Å². The molecule has 4 rings (SSSR count). The predicted molar refractivity (Wildman–Crippen MR) is 130 cm³/mol. The van der Waals surface area contributed by atoms with E-state index in [9.17, 15) is 4.79 Å². The number of amides is 1. The molecule has 4 aromatic rings. The van der Waals surface area contributed by atoms with E-state index in [0.717, 1.165) is 26.9 Å². The lowest BCUT2D eigenvalue weighted by Crippen LogP contribution is -2.27. The van der Waals surface area contributed by atoms with Crippen molar-refractivity contribution in [2.45, 2.75) is 26.4 Å². The Balaban J connectivity index is 1.46. The summed E-state index contributed by atoms with van der Waals surface area (Å²) in [6, 6.07) is 18.4. The second-order valence-electron chi connectivity index (χ2n) is 8.25. The van der Waals surface area contributed by atoms with Crippen LogP contribution in [0.3, 0.4) is 0 Å². The number of benzene rings is 3. The monoisotopic (exact) mass is 494 g/mol. The number of H-pyrrole nitrogens is 1. The van der Waals surface area contributed by atoms with Crippen LogP contribution in [0.1, 0.15) is 20.8 Å². The minimum atomic E-state index is -0.559. The number of carbonyl (C=O) groups excluding carboxylic acids is 1. The zero-order valence-electron chi connectivity index (χ0n) is 17.9. The second kappa shape index (κ2) is 8.55. The van der Waals surface area contributed by atoms with Crippen LogP contribution in [0.15, 0.2) is 65.1 Å². The van der Waals surface area contributed by atoms with Crippen molar-refractivity contribution in [2.24, 2.45) is 0 Å². The molecule has 0 fully saturated rings. The van der Waals surface area contributed by atoms with Crippen molar-refractivity contribution < 1.29 is 14.3 Å². The first-order valence-electron chi connectivity index (χ1n) is 9.99. The lowest BCUT2D eigenvalue weighted by atomic mass is 10.2. The van der Waals surface area contributed by atoms with Gasteiger partial charge in [-0.2, -0.15) is 0 Å². The first-order chi connectivity index (χ1) is 15.2. The van der Waals surface area contributed by atoms with Crippen molar-refractivity contribution in [2.75, 3.05) is 11.1 Å². The molecule has 1 heterocycles. The third kappa shape index (κ3) is 5.20. The van der Waals surface area contributed by atoms with Crippen molar-refractivity contribution in [1.29, 1.82) is 0 Å². The van der Waals surface area contributed by atoms with E-state index in [-0.39, 0.29) is 0 Å². The van der Waals surface area contributed by atoms with Gasteiger partial charge in [-0.15, -0.1) is 0 Å². The summed E-state index contributed by atoms with van der Waals surface area (Å²) in [5.74, 6) is 1.85. The highest BCUT2D eigenvalue weighted by Gasteiger charge is 2.16. The number of halogens is 1. The smallest absolute Gasteiger partial charge is 0.412 e. The van der Waals surface area contributed by atoms with Gasteiger partial charge in [-0.1, -0.05) is 15.9 Å². The zero-order chi connectivity index (χ0) is 22.9. The number of anilines is 2. The molecule has 0 aliphatic rings. The van der Waals surface area contributed by atoms with Crippen LogP contribution < -0.4 is 15.8 Å². The fourth-order valence-corrected chi connectivity index (χ4v) is 3.42. The predicted octanol–water partition coefficient (Wildman–Crippen LogP) is 6.71. The second-order valence-corrected chi connectivity index (χ2v) is 9.17. The van der Waals surface area contributed by atoms with Gasteiger partial charge < -0.3 is 20.2 Å². The van der Waals surface area contributed by atoms with Gasteiger partial charge in [0.15, 0.2) is 0 Å². The number of imidazole rings is 1. The Kier molecular flexibility index (Phi) is 5.80. The van der Waals surface area contributed by atoms with E-state index in [2.05, 4.69) is 31.2 Å². The van der Waals surface area contributed by atoms with Crippen molar-refractivity contribution >= 4 is 44.4 Å². The number of rotatable bonds is 4. The molecule has 7 nitrogen and oxygen atoms in total. The maximum atomic E-state index is 11.9. The molecule has 0 radical (unpaired) electrons. The Labute approximate surface area is 194 Å². The van der Waals surface area contributed by atoms with Gasteiger partial charge in [-0.25, -0.2) is 9.78 Å². The van der Waals surface area contributed by atoms with Crippen LogP contribution in [0.2, 0.25) is 0 Å². The Morgan fingerprint density at radius 1 is 1.06 bits per heavy atom. The molecule has 0 spiro atoms. The summed E-state index contributed by atoms with van der Waals surface area (Å²) in [6.07, 6.45) is -0.510. The van der Waals surface area contributed by atoms with E-state index >= 15 is 0 Å². The molecule has 1 amide bonds. The summed E-state index contributed by atoms with van der Waals surface area (Å²) in [5.41, 5.74) is 9.44. The number of aromatic nitrogens is 2. The van der Waals surface area contributed by atoms with Gasteiger partial charge in [-0.05, 0) is 81.4 Å². The molecule has 164 valence electrons. The fraction of sp³-hybridized carbons (Fsp3) is 0.167. The van der Waals surface area contributed by atoms with Gasteiger partial charge in [0, 0.05) is 15.7 Å². The molecule has 0 unspecified atom stereocenters. The van der Waals surface area contributed by atoms with Gasteiger partial charge in [0.2, 0.25) is 0 Å². The van der Waals surface area contributed by atoms with Crippen LogP contribution in [-0.4, -0.2) is 21.7 Å². The maximum absolute atomic E-state index is 11.9. The fourth-order valence-electron chi connectivity index (χ4n) is 3.06. The Hall–Kier alpha value is -3.52. The summed E-state index contributed by atoms with van der Waals surface area (Å²) in [7, 11) is 0. The van der Waals surface area contributed by atoms with E-state index in [0.29, 0.717) is 22.9 Å². The number of nitrogens with one attached hydrogen (secondary N) is 2. The van der Waals surface area contributed by atoms with Crippen LogP contribution in [0.5, 0.6) is 11.5 Å². The lowest BCUT2D eigenvalue weighted by molar-refractivity contribution is 0.0636. The molecule has 0 aliphatic carbocycles. The third-order valence-electron chi connectivity index (χ3n) is 4.45. The molecule has 3 aromatic carbocycles. The number of nitrogens with zero attached hydrogens (tertiary/aromatic N) is 1. The SMILES string of the molecule is CC(C)(C)OC(=O)Nc1ccc(Oc2ccc(-c3nc4ccc(Br)cc4[nH]3)cc2N)cc1. The van der Waals surface area contributed by atoms with Crippen LogP contribution >= 0.6 is 15.9 Å². The molecule has 0 bridgehead atoms. The molecule has 8 heteroatoms. The highest BCUT2D eigenvalue weighted by atomic mass is 79.9. The third-order valence-corrected chi connectivity index (χ3v) is 4.95.